The van der Waals surface area contributed by atoms with E-state index in [0.29, 0.717) is 12.5 Å². The van der Waals surface area contributed by atoms with Crippen LogP contribution < -0.4 is 5.32 Å². The maximum absolute atomic E-state index is 8.46. The minimum absolute atomic E-state index is 0.102. The molecule has 1 fully saturated rings. The lowest BCUT2D eigenvalue weighted by molar-refractivity contribution is -0.0929. The van der Waals surface area contributed by atoms with Gasteiger partial charge in [-0.05, 0) is 38.6 Å². The van der Waals surface area contributed by atoms with Crippen LogP contribution >= 0.6 is 0 Å². The summed E-state index contributed by atoms with van der Waals surface area (Å²) in [6.07, 6.45) is 6.03. The van der Waals surface area contributed by atoms with Crippen molar-refractivity contribution in [1.29, 1.82) is 5.26 Å². The van der Waals surface area contributed by atoms with Gasteiger partial charge in [0.1, 0.15) is 0 Å². The summed E-state index contributed by atoms with van der Waals surface area (Å²) in [5.41, 5.74) is 0.102. The SMILES string of the molecule is CCC1(CC)CC(NCCCC#N)CCO1. The molecular formula is C13H24N2O. The van der Waals surface area contributed by atoms with Crippen LogP contribution in [-0.4, -0.2) is 24.8 Å². The van der Waals surface area contributed by atoms with Gasteiger partial charge >= 0.3 is 0 Å². The summed E-state index contributed by atoms with van der Waals surface area (Å²) in [6.45, 7) is 6.25. The molecule has 0 aromatic heterocycles. The van der Waals surface area contributed by atoms with Gasteiger partial charge < -0.3 is 10.1 Å². The van der Waals surface area contributed by atoms with E-state index in [1.807, 2.05) is 0 Å². The number of rotatable bonds is 6. The second kappa shape index (κ2) is 6.88. The topological polar surface area (TPSA) is 45.0 Å². The van der Waals surface area contributed by atoms with Gasteiger partial charge in [-0.3, -0.25) is 0 Å². The minimum atomic E-state index is 0.102. The van der Waals surface area contributed by atoms with E-state index in [1.165, 1.54) is 0 Å². The Labute approximate surface area is 99.2 Å². The minimum Gasteiger partial charge on any atom is -0.375 e. The van der Waals surface area contributed by atoms with E-state index in [4.69, 9.17) is 10.00 Å². The highest BCUT2D eigenvalue weighted by molar-refractivity contribution is 4.88. The maximum atomic E-state index is 8.46. The van der Waals surface area contributed by atoms with Gasteiger partial charge in [0, 0.05) is 19.1 Å². The van der Waals surface area contributed by atoms with Gasteiger partial charge in [-0.15, -0.1) is 0 Å². The molecule has 0 amide bonds. The molecule has 0 bridgehead atoms. The van der Waals surface area contributed by atoms with Crippen molar-refractivity contribution < 1.29 is 4.74 Å². The normalized spacial score (nSPS) is 23.9. The molecule has 1 N–H and O–H groups in total. The van der Waals surface area contributed by atoms with Gasteiger partial charge in [0.15, 0.2) is 0 Å². The van der Waals surface area contributed by atoms with Gasteiger partial charge in [0.2, 0.25) is 0 Å². The van der Waals surface area contributed by atoms with Crippen LogP contribution in [0.25, 0.3) is 0 Å². The third-order valence-electron chi connectivity index (χ3n) is 3.68. The van der Waals surface area contributed by atoms with Crippen LogP contribution in [0.2, 0.25) is 0 Å². The standard InChI is InChI=1S/C13H24N2O/c1-3-13(4-2)11-12(7-10-16-13)15-9-6-5-8-14/h12,15H,3-7,9-11H2,1-2H3. The summed E-state index contributed by atoms with van der Waals surface area (Å²) < 4.78 is 5.93. The third kappa shape index (κ3) is 3.77. The van der Waals surface area contributed by atoms with Crippen molar-refractivity contribution in [3.05, 3.63) is 0 Å². The largest absolute Gasteiger partial charge is 0.375 e. The second-order valence-corrected chi connectivity index (χ2v) is 4.64. The van der Waals surface area contributed by atoms with Crippen molar-refractivity contribution in [2.45, 2.75) is 64.0 Å². The van der Waals surface area contributed by atoms with Crippen LogP contribution in [0.4, 0.5) is 0 Å². The van der Waals surface area contributed by atoms with Crippen LogP contribution in [0.15, 0.2) is 0 Å². The number of nitrogens with zero attached hydrogens (tertiary/aromatic N) is 1. The number of unbranched alkanes of at least 4 members (excludes halogenated alkanes) is 1. The fraction of sp³-hybridized carbons (Fsp3) is 0.923. The Morgan fingerprint density at radius 1 is 1.44 bits per heavy atom. The monoisotopic (exact) mass is 224 g/mol. The molecule has 0 saturated carbocycles. The first-order valence-corrected chi connectivity index (χ1v) is 6.50. The zero-order valence-electron chi connectivity index (χ0n) is 10.6. The summed E-state index contributed by atoms with van der Waals surface area (Å²) in [4.78, 5) is 0. The zero-order valence-corrected chi connectivity index (χ0v) is 10.6. The Morgan fingerprint density at radius 2 is 2.19 bits per heavy atom. The Bertz CT molecular complexity index is 231. The first kappa shape index (κ1) is 13.5. The van der Waals surface area contributed by atoms with E-state index in [0.717, 1.165) is 45.3 Å². The van der Waals surface area contributed by atoms with E-state index in [1.54, 1.807) is 0 Å². The number of hydrogen-bond donors (Lipinski definition) is 1. The van der Waals surface area contributed by atoms with Crippen molar-refractivity contribution in [1.82, 2.24) is 5.32 Å². The molecule has 0 aromatic carbocycles. The van der Waals surface area contributed by atoms with Gasteiger partial charge in [0.25, 0.3) is 0 Å². The lowest BCUT2D eigenvalue weighted by Gasteiger charge is -2.40. The summed E-state index contributed by atoms with van der Waals surface area (Å²) in [7, 11) is 0. The molecule has 0 aliphatic carbocycles. The molecule has 1 unspecified atom stereocenters. The predicted octanol–water partition coefficient (Wildman–Crippen LogP) is 2.62. The summed E-state index contributed by atoms with van der Waals surface area (Å²) >= 11 is 0. The van der Waals surface area contributed by atoms with Crippen LogP contribution in [0.5, 0.6) is 0 Å². The van der Waals surface area contributed by atoms with Crippen LogP contribution in [0, 0.1) is 11.3 Å². The fourth-order valence-corrected chi connectivity index (χ4v) is 2.42. The van der Waals surface area contributed by atoms with Crippen molar-refractivity contribution in [3.8, 4) is 6.07 Å². The van der Waals surface area contributed by atoms with Crippen molar-refractivity contribution >= 4 is 0 Å². The molecule has 92 valence electrons. The van der Waals surface area contributed by atoms with Crippen molar-refractivity contribution in [2.75, 3.05) is 13.2 Å². The Morgan fingerprint density at radius 3 is 2.81 bits per heavy atom. The maximum Gasteiger partial charge on any atom is 0.0692 e. The number of hydrogen-bond acceptors (Lipinski definition) is 3. The summed E-state index contributed by atoms with van der Waals surface area (Å²) in [5, 5.41) is 12.0. The van der Waals surface area contributed by atoms with Crippen LogP contribution in [-0.2, 0) is 4.74 Å². The lowest BCUT2D eigenvalue weighted by atomic mass is 9.86. The molecule has 1 rings (SSSR count). The molecule has 1 aliphatic heterocycles. The number of ether oxygens (including phenoxy) is 1. The van der Waals surface area contributed by atoms with E-state index >= 15 is 0 Å². The summed E-state index contributed by atoms with van der Waals surface area (Å²) in [6, 6.07) is 2.76. The predicted molar refractivity (Wildman–Crippen MR) is 65.1 cm³/mol. The Kier molecular flexibility index (Phi) is 5.79. The quantitative estimate of drug-likeness (QED) is 0.705. The van der Waals surface area contributed by atoms with Crippen molar-refractivity contribution in [3.63, 3.8) is 0 Å². The molecule has 1 saturated heterocycles. The number of nitrogens with one attached hydrogen (secondary N) is 1. The first-order valence-electron chi connectivity index (χ1n) is 6.50. The number of nitriles is 1. The molecule has 3 nitrogen and oxygen atoms in total. The highest BCUT2D eigenvalue weighted by atomic mass is 16.5. The van der Waals surface area contributed by atoms with E-state index in [-0.39, 0.29) is 5.60 Å². The molecule has 3 heteroatoms. The molecule has 1 atom stereocenters. The van der Waals surface area contributed by atoms with Gasteiger partial charge in [-0.1, -0.05) is 13.8 Å². The summed E-state index contributed by atoms with van der Waals surface area (Å²) in [5.74, 6) is 0. The average molecular weight is 224 g/mol. The Hall–Kier alpha value is -0.590. The molecular weight excluding hydrogens is 200 g/mol. The molecule has 16 heavy (non-hydrogen) atoms. The smallest absolute Gasteiger partial charge is 0.0692 e. The van der Waals surface area contributed by atoms with E-state index in [2.05, 4.69) is 25.2 Å². The highest BCUT2D eigenvalue weighted by Crippen LogP contribution is 2.31. The second-order valence-electron chi connectivity index (χ2n) is 4.64. The zero-order chi connectivity index (χ0) is 11.9. The van der Waals surface area contributed by atoms with Crippen LogP contribution in [0.1, 0.15) is 52.4 Å². The Balaban J connectivity index is 2.30. The molecule has 0 spiro atoms. The van der Waals surface area contributed by atoms with E-state index in [9.17, 15) is 0 Å². The van der Waals surface area contributed by atoms with E-state index < -0.39 is 0 Å². The van der Waals surface area contributed by atoms with Gasteiger partial charge in [0.05, 0.1) is 11.7 Å². The lowest BCUT2D eigenvalue weighted by Crippen LogP contribution is -2.46. The average Bonchev–Trinajstić information content (AvgIpc) is 2.35. The van der Waals surface area contributed by atoms with Gasteiger partial charge in [-0.2, -0.15) is 5.26 Å². The van der Waals surface area contributed by atoms with Gasteiger partial charge in [-0.25, -0.2) is 0 Å². The highest BCUT2D eigenvalue weighted by Gasteiger charge is 2.33. The van der Waals surface area contributed by atoms with Crippen molar-refractivity contribution in [2.24, 2.45) is 0 Å². The third-order valence-corrected chi connectivity index (χ3v) is 3.68. The first-order chi connectivity index (χ1) is 7.76. The molecule has 1 heterocycles. The molecule has 1 aliphatic rings. The molecule has 0 radical (unpaired) electrons. The van der Waals surface area contributed by atoms with Crippen LogP contribution in [0.3, 0.4) is 0 Å². The molecule has 0 aromatic rings. The fourth-order valence-electron chi connectivity index (χ4n) is 2.42.